The first-order valence-electron chi connectivity index (χ1n) is 6.12. The lowest BCUT2D eigenvalue weighted by Gasteiger charge is -2.14. The van der Waals surface area contributed by atoms with Gasteiger partial charge in [0, 0.05) is 12.6 Å². The van der Waals surface area contributed by atoms with Crippen molar-refractivity contribution in [1.82, 2.24) is 5.32 Å². The molecule has 102 valence electrons. The largest absolute Gasteiger partial charge is 0.313 e. The maximum atomic E-state index is 11.9. The van der Waals surface area contributed by atoms with Gasteiger partial charge in [-0.3, -0.25) is 4.72 Å². The number of nitrogens with one attached hydrogen (secondary N) is 2. The van der Waals surface area contributed by atoms with Crippen LogP contribution in [0.3, 0.4) is 0 Å². The van der Waals surface area contributed by atoms with E-state index in [1.807, 2.05) is 45.9 Å². The molecule has 0 aromatic heterocycles. The minimum Gasteiger partial charge on any atom is -0.313 e. The van der Waals surface area contributed by atoms with Gasteiger partial charge >= 0.3 is 0 Å². The minimum absolute atomic E-state index is 0.0823. The van der Waals surface area contributed by atoms with Gasteiger partial charge in [0.15, 0.2) is 0 Å². The van der Waals surface area contributed by atoms with Crippen LogP contribution in [0.25, 0.3) is 0 Å². The minimum atomic E-state index is -3.29. The van der Waals surface area contributed by atoms with Gasteiger partial charge in [-0.15, -0.1) is 0 Å². The highest BCUT2D eigenvalue weighted by Gasteiger charge is 2.13. The van der Waals surface area contributed by atoms with Gasteiger partial charge in [-0.1, -0.05) is 32.0 Å². The van der Waals surface area contributed by atoms with Crippen LogP contribution in [-0.2, 0) is 10.0 Å². The quantitative estimate of drug-likeness (QED) is 0.831. The van der Waals surface area contributed by atoms with E-state index in [1.165, 1.54) is 0 Å². The van der Waals surface area contributed by atoms with Crippen molar-refractivity contribution in [1.29, 1.82) is 0 Å². The summed E-state index contributed by atoms with van der Waals surface area (Å²) in [5.41, 5.74) is 2.58. The molecule has 1 aromatic rings. The van der Waals surface area contributed by atoms with E-state index in [0.29, 0.717) is 18.3 Å². The SMILES string of the molecule is Cc1cccc(C)c1NS(=O)(=O)CCNC(C)C. The van der Waals surface area contributed by atoms with Gasteiger partial charge in [-0.25, -0.2) is 8.42 Å². The molecule has 5 heteroatoms. The van der Waals surface area contributed by atoms with Crippen LogP contribution in [0.5, 0.6) is 0 Å². The molecular formula is C13H22N2O2S. The Bertz CT molecular complexity index is 475. The summed E-state index contributed by atoms with van der Waals surface area (Å²) in [6, 6.07) is 6.01. The molecule has 0 aliphatic carbocycles. The molecule has 0 bridgehead atoms. The predicted molar refractivity (Wildman–Crippen MR) is 76.5 cm³/mol. The number of anilines is 1. The van der Waals surface area contributed by atoms with Crippen LogP contribution >= 0.6 is 0 Å². The van der Waals surface area contributed by atoms with Gasteiger partial charge in [-0.2, -0.15) is 0 Å². The average Bonchev–Trinajstić information content (AvgIpc) is 2.23. The highest BCUT2D eigenvalue weighted by Crippen LogP contribution is 2.20. The van der Waals surface area contributed by atoms with E-state index in [9.17, 15) is 8.42 Å². The average molecular weight is 270 g/mol. The van der Waals surface area contributed by atoms with Crippen molar-refractivity contribution in [3.05, 3.63) is 29.3 Å². The lowest BCUT2D eigenvalue weighted by atomic mass is 10.1. The Kier molecular flexibility index (Phi) is 5.16. The van der Waals surface area contributed by atoms with Crippen molar-refractivity contribution in [3.63, 3.8) is 0 Å². The summed E-state index contributed by atoms with van der Waals surface area (Å²) in [5.74, 6) is 0.0823. The third kappa shape index (κ3) is 4.66. The van der Waals surface area contributed by atoms with Gasteiger partial charge < -0.3 is 5.32 Å². The van der Waals surface area contributed by atoms with E-state index in [-0.39, 0.29) is 5.75 Å². The van der Waals surface area contributed by atoms with E-state index >= 15 is 0 Å². The van der Waals surface area contributed by atoms with E-state index in [0.717, 1.165) is 11.1 Å². The summed E-state index contributed by atoms with van der Waals surface area (Å²) in [4.78, 5) is 0. The van der Waals surface area contributed by atoms with Crippen LogP contribution in [0.1, 0.15) is 25.0 Å². The normalized spacial score (nSPS) is 11.8. The topological polar surface area (TPSA) is 58.2 Å². The zero-order chi connectivity index (χ0) is 13.8. The Morgan fingerprint density at radius 2 is 1.72 bits per heavy atom. The number of rotatable bonds is 6. The second kappa shape index (κ2) is 6.20. The van der Waals surface area contributed by atoms with Gasteiger partial charge in [0.2, 0.25) is 10.0 Å². The van der Waals surface area contributed by atoms with Crippen molar-refractivity contribution in [2.75, 3.05) is 17.0 Å². The molecule has 0 aliphatic heterocycles. The van der Waals surface area contributed by atoms with Crippen molar-refractivity contribution in [2.24, 2.45) is 0 Å². The van der Waals surface area contributed by atoms with E-state index in [1.54, 1.807) is 0 Å². The van der Waals surface area contributed by atoms with E-state index < -0.39 is 10.0 Å². The van der Waals surface area contributed by atoms with Crippen LogP contribution in [0.4, 0.5) is 5.69 Å². The van der Waals surface area contributed by atoms with E-state index in [2.05, 4.69) is 10.0 Å². The summed E-state index contributed by atoms with van der Waals surface area (Å²) in [6.45, 7) is 8.24. The molecule has 0 atom stereocenters. The molecule has 1 aromatic carbocycles. The molecule has 2 N–H and O–H groups in total. The monoisotopic (exact) mass is 270 g/mol. The van der Waals surface area contributed by atoms with Crippen LogP contribution in [-0.4, -0.2) is 26.8 Å². The molecule has 0 saturated carbocycles. The van der Waals surface area contributed by atoms with Crippen LogP contribution in [0.2, 0.25) is 0 Å². The fraction of sp³-hybridized carbons (Fsp3) is 0.538. The molecule has 0 radical (unpaired) electrons. The number of hydrogen-bond donors (Lipinski definition) is 2. The number of benzene rings is 1. The summed E-state index contributed by atoms with van der Waals surface area (Å²) < 4.78 is 26.5. The van der Waals surface area contributed by atoms with Gasteiger partial charge in [-0.05, 0) is 25.0 Å². The van der Waals surface area contributed by atoms with Crippen molar-refractivity contribution in [2.45, 2.75) is 33.7 Å². The Morgan fingerprint density at radius 3 is 2.22 bits per heavy atom. The molecule has 0 unspecified atom stereocenters. The van der Waals surface area contributed by atoms with Crippen molar-refractivity contribution < 1.29 is 8.42 Å². The third-order valence-corrected chi connectivity index (χ3v) is 3.92. The first-order valence-corrected chi connectivity index (χ1v) is 7.77. The van der Waals surface area contributed by atoms with Crippen LogP contribution in [0.15, 0.2) is 18.2 Å². The lowest BCUT2D eigenvalue weighted by Crippen LogP contribution is -2.31. The highest BCUT2D eigenvalue weighted by molar-refractivity contribution is 7.92. The summed E-state index contributed by atoms with van der Waals surface area (Å²) in [5, 5.41) is 3.10. The smallest absolute Gasteiger partial charge is 0.233 e. The Morgan fingerprint density at radius 1 is 1.17 bits per heavy atom. The van der Waals surface area contributed by atoms with Crippen LogP contribution in [0, 0.1) is 13.8 Å². The summed E-state index contributed by atoms with van der Waals surface area (Å²) >= 11 is 0. The van der Waals surface area contributed by atoms with Crippen molar-refractivity contribution >= 4 is 15.7 Å². The molecule has 18 heavy (non-hydrogen) atoms. The Labute approximate surface area is 110 Å². The molecule has 0 heterocycles. The molecular weight excluding hydrogens is 248 g/mol. The first kappa shape index (κ1) is 15.0. The molecule has 0 spiro atoms. The molecule has 0 amide bonds. The molecule has 0 fully saturated rings. The molecule has 1 rings (SSSR count). The molecule has 4 nitrogen and oxygen atoms in total. The summed E-state index contributed by atoms with van der Waals surface area (Å²) in [7, 11) is -3.29. The maximum Gasteiger partial charge on any atom is 0.233 e. The fourth-order valence-electron chi connectivity index (χ4n) is 1.66. The Balaban J connectivity index is 2.71. The molecule has 0 aliphatic rings. The fourth-order valence-corrected chi connectivity index (χ4v) is 2.79. The van der Waals surface area contributed by atoms with Gasteiger partial charge in [0.25, 0.3) is 0 Å². The lowest BCUT2D eigenvalue weighted by molar-refractivity contribution is 0.582. The summed E-state index contributed by atoms with van der Waals surface area (Å²) in [6.07, 6.45) is 0. The number of aryl methyl sites for hydroxylation is 2. The van der Waals surface area contributed by atoms with Crippen LogP contribution < -0.4 is 10.0 Å². The van der Waals surface area contributed by atoms with Gasteiger partial charge in [0.05, 0.1) is 11.4 Å². The predicted octanol–water partition coefficient (Wildman–Crippen LogP) is 2.04. The van der Waals surface area contributed by atoms with E-state index in [4.69, 9.17) is 0 Å². The number of hydrogen-bond acceptors (Lipinski definition) is 3. The maximum absolute atomic E-state index is 11.9. The molecule has 0 saturated heterocycles. The second-order valence-corrected chi connectivity index (χ2v) is 6.64. The third-order valence-electron chi connectivity index (χ3n) is 2.66. The zero-order valence-electron chi connectivity index (χ0n) is 11.4. The first-order chi connectivity index (χ1) is 8.32. The zero-order valence-corrected chi connectivity index (χ0v) is 12.3. The van der Waals surface area contributed by atoms with Gasteiger partial charge in [0.1, 0.15) is 0 Å². The number of para-hydroxylation sites is 1. The highest BCUT2D eigenvalue weighted by atomic mass is 32.2. The standard InChI is InChI=1S/C13H22N2O2S/c1-10(2)14-8-9-18(16,17)15-13-11(3)6-5-7-12(13)4/h5-7,10,14-15H,8-9H2,1-4H3. The number of sulfonamides is 1. The second-order valence-electron chi connectivity index (χ2n) is 4.80. The Hall–Kier alpha value is -1.07. The van der Waals surface area contributed by atoms with Crippen molar-refractivity contribution in [3.8, 4) is 0 Å².